The number of hydrogen-bond donors (Lipinski definition) is 3. The molecule has 0 radical (unpaired) electrons. The Morgan fingerprint density at radius 2 is 1.75 bits per heavy atom. The molecule has 0 fully saturated rings. The topological polar surface area (TPSA) is 113 Å². The van der Waals surface area contributed by atoms with Crippen LogP contribution in [0.4, 0.5) is 5.69 Å². The number of amides is 1. The molecule has 0 aromatic heterocycles. The molecule has 0 unspecified atom stereocenters. The molecule has 0 saturated heterocycles. The highest BCUT2D eigenvalue weighted by Crippen LogP contribution is 2.11. The van der Waals surface area contributed by atoms with Gasteiger partial charge in [-0.1, -0.05) is 0 Å². The normalized spacial score (nSPS) is 11.2. The van der Waals surface area contributed by atoms with E-state index in [1.807, 2.05) is 13.8 Å². The third-order valence-electron chi connectivity index (χ3n) is 2.15. The van der Waals surface area contributed by atoms with E-state index in [0.717, 1.165) is 0 Å². The maximum absolute atomic E-state index is 11.7. The highest BCUT2D eigenvalue weighted by atomic mass is 32.2. The number of hydrogen-bond acceptors (Lipinski definition) is 4. The average Bonchev–Trinajstić information content (AvgIpc) is 2.26. The number of aliphatic carboxylic acids is 1. The zero-order chi connectivity index (χ0) is 15.3. The first-order valence-corrected chi connectivity index (χ1v) is 7.48. The zero-order valence-electron chi connectivity index (χ0n) is 11.1. The van der Waals surface area contributed by atoms with Crippen molar-refractivity contribution in [2.24, 2.45) is 0 Å². The summed E-state index contributed by atoms with van der Waals surface area (Å²) in [5, 5.41) is 11.2. The van der Waals surface area contributed by atoms with Gasteiger partial charge in [-0.3, -0.25) is 14.3 Å². The van der Waals surface area contributed by atoms with Crippen LogP contribution in [0.25, 0.3) is 0 Å². The van der Waals surface area contributed by atoms with Crippen molar-refractivity contribution in [2.45, 2.75) is 19.9 Å². The van der Waals surface area contributed by atoms with Crippen LogP contribution in [-0.2, 0) is 14.8 Å². The molecule has 8 heteroatoms. The molecule has 0 aliphatic carbocycles. The quantitative estimate of drug-likeness (QED) is 0.714. The van der Waals surface area contributed by atoms with Crippen LogP contribution < -0.4 is 10.0 Å². The van der Waals surface area contributed by atoms with Crippen molar-refractivity contribution in [3.05, 3.63) is 29.8 Å². The summed E-state index contributed by atoms with van der Waals surface area (Å²) in [6, 6.07) is 5.70. The molecule has 0 spiro atoms. The molecule has 20 heavy (non-hydrogen) atoms. The predicted molar refractivity (Wildman–Crippen MR) is 74.1 cm³/mol. The fourth-order valence-electron chi connectivity index (χ4n) is 1.41. The van der Waals surface area contributed by atoms with Gasteiger partial charge in [0.25, 0.3) is 5.91 Å². The summed E-state index contributed by atoms with van der Waals surface area (Å²) < 4.78 is 24.9. The summed E-state index contributed by atoms with van der Waals surface area (Å²) >= 11 is 0. The summed E-state index contributed by atoms with van der Waals surface area (Å²) in [5.74, 6) is -2.71. The van der Waals surface area contributed by atoms with Crippen molar-refractivity contribution < 1.29 is 23.1 Å². The standard InChI is InChI=1S/C12H16N2O5S/c1-8(2)13-12(17)9-3-5-10(6-4-9)14-20(18,19)7-11(15)16/h3-6,8,14H,7H2,1-2H3,(H,13,17)(H,15,16). The van der Waals surface area contributed by atoms with E-state index < -0.39 is 21.7 Å². The molecule has 0 aliphatic heterocycles. The van der Waals surface area contributed by atoms with Gasteiger partial charge in [-0.15, -0.1) is 0 Å². The number of carboxylic acids is 1. The minimum atomic E-state index is -3.94. The second-order valence-corrected chi connectivity index (χ2v) is 6.18. The second kappa shape index (κ2) is 6.38. The minimum absolute atomic E-state index is 0.00348. The fraction of sp³-hybridized carbons (Fsp3) is 0.333. The van der Waals surface area contributed by atoms with Crippen molar-refractivity contribution in [1.82, 2.24) is 5.32 Å². The van der Waals surface area contributed by atoms with Crippen molar-refractivity contribution in [2.75, 3.05) is 10.5 Å². The number of carbonyl (C=O) groups excluding carboxylic acids is 1. The summed E-state index contributed by atoms with van der Waals surface area (Å²) in [5.41, 5.74) is 0.590. The van der Waals surface area contributed by atoms with E-state index in [1.54, 1.807) is 0 Å². The lowest BCUT2D eigenvalue weighted by Gasteiger charge is -2.09. The van der Waals surface area contributed by atoms with Gasteiger partial charge >= 0.3 is 5.97 Å². The lowest BCUT2D eigenvalue weighted by molar-refractivity contribution is -0.134. The number of benzene rings is 1. The number of sulfonamides is 1. The molecular formula is C12H16N2O5S. The van der Waals surface area contributed by atoms with E-state index in [-0.39, 0.29) is 17.6 Å². The Hall–Kier alpha value is -2.09. The Labute approximate surface area is 117 Å². The Morgan fingerprint density at radius 3 is 2.20 bits per heavy atom. The van der Waals surface area contributed by atoms with Crippen LogP contribution in [0.3, 0.4) is 0 Å². The first-order valence-electron chi connectivity index (χ1n) is 5.83. The van der Waals surface area contributed by atoms with E-state index in [1.165, 1.54) is 24.3 Å². The molecule has 0 saturated carbocycles. The number of carbonyl (C=O) groups is 2. The molecule has 0 atom stereocenters. The molecule has 0 bridgehead atoms. The minimum Gasteiger partial charge on any atom is -0.480 e. The van der Waals surface area contributed by atoms with Crippen LogP contribution in [0, 0.1) is 0 Å². The van der Waals surface area contributed by atoms with Crippen LogP contribution in [-0.4, -0.2) is 37.2 Å². The number of nitrogens with one attached hydrogen (secondary N) is 2. The van der Waals surface area contributed by atoms with Crippen LogP contribution in [0.5, 0.6) is 0 Å². The molecule has 110 valence electrons. The van der Waals surface area contributed by atoms with Crippen molar-refractivity contribution in [3.8, 4) is 0 Å². The molecular weight excluding hydrogens is 284 g/mol. The molecule has 1 aromatic carbocycles. The van der Waals surface area contributed by atoms with Crippen molar-refractivity contribution >= 4 is 27.6 Å². The van der Waals surface area contributed by atoms with Gasteiger partial charge in [-0.25, -0.2) is 8.42 Å². The van der Waals surface area contributed by atoms with Gasteiger partial charge in [0.05, 0.1) is 0 Å². The Bertz CT molecular complexity index is 593. The van der Waals surface area contributed by atoms with E-state index in [4.69, 9.17) is 5.11 Å². The summed E-state index contributed by atoms with van der Waals surface area (Å²) in [6.45, 7) is 3.65. The van der Waals surface area contributed by atoms with E-state index in [2.05, 4.69) is 10.0 Å². The molecule has 0 aliphatic rings. The molecule has 1 amide bonds. The van der Waals surface area contributed by atoms with Gasteiger partial charge in [-0.05, 0) is 38.1 Å². The zero-order valence-corrected chi connectivity index (χ0v) is 11.9. The van der Waals surface area contributed by atoms with Crippen LogP contribution in [0.15, 0.2) is 24.3 Å². The third-order valence-corrected chi connectivity index (χ3v) is 3.33. The second-order valence-electron chi connectivity index (χ2n) is 4.46. The maximum Gasteiger partial charge on any atom is 0.320 e. The van der Waals surface area contributed by atoms with Gasteiger partial charge in [-0.2, -0.15) is 0 Å². The highest BCUT2D eigenvalue weighted by molar-refractivity contribution is 7.93. The van der Waals surface area contributed by atoms with Gasteiger partial charge in [0.2, 0.25) is 10.0 Å². The molecule has 7 nitrogen and oxygen atoms in total. The van der Waals surface area contributed by atoms with Gasteiger partial charge < -0.3 is 10.4 Å². The highest BCUT2D eigenvalue weighted by Gasteiger charge is 2.15. The maximum atomic E-state index is 11.7. The predicted octanol–water partition coefficient (Wildman–Crippen LogP) is 0.651. The molecule has 1 aromatic rings. The van der Waals surface area contributed by atoms with Crippen molar-refractivity contribution in [3.63, 3.8) is 0 Å². The van der Waals surface area contributed by atoms with E-state index in [0.29, 0.717) is 5.56 Å². The fourth-order valence-corrected chi connectivity index (χ4v) is 2.31. The molecule has 3 N–H and O–H groups in total. The largest absolute Gasteiger partial charge is 0.480 e. The van der Waals surface area contributed by atoms with Gasteiger partial charge in [0.15, 0.2) is 5.75 Å². The number of rotatable bonds is 6. The first kappa shape index (κ1) is 16.0. The van der Waals surface area contributed by atoms with Gasteiger partial charge in [0.1, 0.15) is 0 Å². The third kappa shape index (κ3) is 5.27. The van der Waals surface area contributed by atoms with Gasteiger partial charge in [0, 0.05) is 17.3 Å². The number of carboxylic acid groups (broad SMARTS) is 1. The average molecular weight is 300 g/mol. The Kier molecular flexibility index (Phi) is 5.09. The van der Waals surface area contributed by atoms with Crippen molar-refractivity contribution in [1.29, 1.82) is 0 Å². The summed E-state index contributed by atoms with van der Waals surface area (Å²) in [4.78, 5) is 22.0. The lowest BCUT2D eigenvalue weighted by atomic mass is 10.2. The summed E-state index contributed by atoms with van der Waals surface area (Å²) in [6.07, 6.45) is 0. The number of anilines is 1. The monoisotopic (exact) mass is 300 g/mol. The molecule has 0 heterocycles. The smallest absolute Gasteiger partial charge is 0.320 e. The van der Waals surface area contributed by atoms with Crippen LogP contribution in [0.1, 0.15) is 24.2 Å². The van der Waals surface area contributed by atoms with E-state index >= 15 is 0 Å². The molecule has 1 rings (SSSR count). The Balaban J connectivity index is 2.77. The SMILES string of the molecule is CC(C)NC(=O)c1ccc(NS(=O)(=O)CC(=O)O)cc1. The lowest BCUT2D eigenvalue weighted by Crippen LogP contribution is -2.30. The summed E-state index contributed by atoms with van der Waals surface area (Å²) in [7, 11) is -3.94. The van der Waals surface area contributed by atoms with Crippen LogP contribution >= 0.6 is 0 Å². The first-order chi connectivity index (χ1) is 9.19. The Morgan fingerprint density at radius 1 is 1.20 bits per heavy atom. The van der Waals surface area contributed by atoms with E-state index in [9.17, 15) is 18.0 Å². The van der Waals surface area contributed by atoms with Crippen LogP contribution in [0.2, 0.25) is 0 Å².